The number of hydrogen-bond donors (Lipinski definition) is 1. The van der Waals surface area contributed by atoms with Crippen LogP contribution in [0.3, 0.4) is 0 Å². The lowest BCUT2D eigenvalue weighted by Crippen LogP contribution is -2.53. The molecule has 5 nitrogen and oxygen atoms in total. The van der Waals surface area contributed by atoms with Gasteiger partial charge in [0.1, 0.15) is 11.6 Å². The van der Waals surface area contributed by atoms with E-state index in [9.17, 15) is 27.5 Å². The molecule has 206 valence electrons. The molecule has 1 aliphatic carbocycles. The van der Waals surface area contributed by atoms with Gasteiger partial charge in [0.2, 0.25) is 0 Å². The van der Waals surface area contributed by atoms with Gasteiger partial charge in [-0.1, -0.05) is 18.6 Å². The third-order valence-corrected chi connectivity index (χ3v) is 8.47. The number of hydrogen-bond acceptors (Lipinski definition) is 4. The van der Waals surface area contributed by atoms with Crippen molar-refractivity contribution >= 4 is 5.91 Å². The number of aliphatic hydroxyl groups excluding tert-OH is 1. The number of halogens is 4. The highest BCUT2D eigenvalue weighted by Gasteiger charge is 2.58. The van der Waals surface area contributed by atoms with Crippen molar-refractivity contribution in [2.75, 3.05) is 39.3 Å². The summed E-state index contributed by atoms with van der Waals surface area (Å²) >= 11 is 0. The molecule has 9 heteroatoms. The lowest BCUT2D eigenvalue weighted by molar-refractivity contribution is -0.256. The van der Waals surface area contributed by atoms with E-state index in [0.717, 1.165) is 12.8 Å². The first-order valence-corrected chi connectivity index (χ1v) is 13.4. The smallest absolute Gasteiger partial charge is 0.395 e. The Kier molecular flexibility index (Phi) is 7.69. The Bertz CT molecular complexity index is 1130. The molecule has 2 aromatic rings. The van der Waals surface area contributed by atoms with Gasteiger partial charge in [-0.15, -0.1) is 0 Å². The number of amides is 1. The zero-order chi connectivity index (χ0) is 26.9. The van der Waals surface area contributed by atoms with E-state index in [1.807, 2.05) is 4.90 Å². The van der Waals surface area contributed by atoms with Crippen LogP contribution in [0.15, 0.2) is 42.5 Å². The molecular weight excluding hydrogens is 500 g/mol. The molecule has 38 heavy (non-hydrogen) atoms. The Hall–Kier alpha value is -2.65. The van der Waals surface area contributed by atoms with Gasteiger partial charge >= 0.3 is 6.18 Å². The summed E-state index contributed by atoms with van der Waals surface area (Å²) in [7, 11) is 0. The number of piperidine rings is 1. The summed E-state index contributed by atoms with van der Waals surface area (Å²) in [6, 6.07) is 11.5. The van der Waals surface area contributed by atoms with Gasteiger partial charge in [-0.05, 0) is 80.9 Å². The Morgan fingerprint density at radius 2 is 1.74 bits per heavy atom. The Balaban J connectivity index is 1.11. The standard InChI is InChI=1S/C29H34F4N2O3/c30-26-16-24(38-18-20-8-13-34(14-9-20)19-28(11-1-12-28)29(31,32)33)6-7-25(26)21-2-4-22(5-3-21)27(37)35-15-10-23(36)17-35/h2-7,16,20,23,36H,1,8-15,17-19H2/t23-/m0/s1. The number of ether oxygens (including phenoxy) is 1. The quantitative estimate of drug-likeness (QED) is 0.475. The maximum atomic E-state index is 14.9. The first-order valence-electron chi connectivity index (χ1n) is 13.4. The van der Waals surface area contributed by atoms with E-state index in [0.29, 0.717) is 68.1 Å². The molecule has 1 atom stereocenters. The highest BCUT2D eigenvalue weighted by molar-refractivity contribution is 5.95. The van der Waals surface area contributed by atoms with Crippen LogP contribution in [-0.2, 0) is 0 Å². The minimum absolute atomic E-state index is 0.0905. The number of nitrogens with zero attached hydrogens (tertiary/aromatic N) is 2. The van der Waals surface area contributed by atoms with Crippen molar-refractivity contribution in [3.8, 4) is 16.9 Å². The first kappa shape index (κ1) is 26.9. The van der Waals surface area contributed by atoms with Crippen LogP contribution in [-0.4, -0.2) is 72.4 Å². The molecule has 0 radical (unpaired) electrons. The second-order valence-corrected chi connectivity index (χ2v) is 11.1. The third kappa shape index (κ3) is 5.69. The SMILES string of the molecule is O=C(c1ccc(-c2ccc(OCC3CCN(CC4(C(F)(F)F)CCC4)CC3)cc2F)cc1)N1CC[C@H](O)C1. The minimum Gasteiger partial charge on any atom is -0.493 e. The van der Waals surface area contributed by atoms with E-state index in [-0.39, 0.29) is 31.2 Å². The van der Waals surface area contributed by atoms with Crippen molar-refractivity contribution in [1.29, 1.82) is 0 Å². The van der Waals surface area contributed by atoms with Crippen LogP contribution < -0.4 is 4.74 Å². The topological polar surface area (TPSA) is 53.0 Å². The zero-order valence-corrected chi connectivity index (χ0v) is 21.4. The van der Waals surface area contributed by atoms with Crippen LogP contribution in [0.4, 0.5) is 17.6 Å². The van der Waals surface area contributed by atoms with Crippen molar-refractivity contribution in [2.24, 2.45) is 11.3 Å². The Morgan fingerprint density at radius 3 is 2.29 bits per heavy atom. The fourth-order valence-corrected chi connectivity index (χ4v) is 5.81. The monoisotopic (exact) mass is 534 g/mol. The van der Waals surface area contributed by atoms with Gasteiger partial charge in [-0.25, -0.2) is 4.39 Å². The molecule has 2 heterocycles. The number of carbonyl (C=O) groups is 1. The summed E-state index contributed by atoms with van der Waals surface area (Å²) < 4.78 is 61.2. The van der Waals surface area contributed by atoms with E-state index in [1.165, 1.54) is 6.07 Å². The van der Waals surface area contributed by atoms with Gasteiger partial charge in [0, 0.05) is 36.8 Å². The second kappa shape index (κ2) is 10.8. The lowest BCUT2D eigenvalue weighted by Gasteiger charge is -2.47. The summed E-state index contributed by atoms with van der Waals surface area (Å²) in [5.74, 6) is 0.0561. The number of rotatable bonds is 7. The van der Waals surface area contributed by atoms with Crippen LogP contribution in [0.25, 0.3) is 11.1 Å². The third-order valence-electron chi connectivity index (χ3n) is 8.47. The van der Waals surface area contributed by atoms with Crippen molar-refractivity contribution in [3.63, 3.8) is 0 Å². The predicted molar refractivity (Wildman–Crippen MR) is 135 cm³/mol. The number of alkyl halides is 3. The molecule has 0 aromatic heterocycles. The molecule has 0 spiro atoms. The van der Waals surface area contributed by atoms with E-state index in [2.05, 4.69) is 0 Å². The maximum absolute atomic E-state index is 14.9. The molecule has 2 aliphatic heterocycles. The van der Waals surface area contributed by atoms with Gasteiger partial charge < -0.3 is 19.6 Å². The highest BCUT2D eigenvalue weighted by Crippen LogP contribution is 2.53. The van der Waals surface area contributed by atoms with Crippen molar-refractivity contribution in [3.05, 3.63) is 53.8 Å². The fourth-order valence-electron chi connectivity index (χ4n) is 5.81. The van der Waals surface area contributed by atoms with E-state index < -0.39 is 23.5 Å². The first-order chi connectivity index (χ1) is 18.1. The molecule has 3 aliphatic rings. The summed E-state index contributed by atoms with van der Waals surface area (Å²) in [6.07, 6.45) is -1.42. The molecule has 0 bridgehead atoms. The molecule has 3 fully saturated rings. The summed E-state index contributed by atoms with van der Waals surface area (Å²) in [6.45, 7) is 2.59. The van der Waals surface area contributed by atoms with E-state index in [1.54, 1.807) is 41.3 Å². The molecule has 5 rings (SSSR count). The van der Waals surface area contributed by atoms with Gasteiger partial charge in [-0.2, -0.15) is 13.2 Å². The minimum atomic E-state index is -4.14. The number of carbonyl (C=O) groups excluding carboxylic acids is 1. The number of aliphatic hydroxyl groups is 1. The summed E-state index contributed by atoms with van der Waals surface area (Å²) in [5.41, 5.74) is 0.0111. The Morgan fingerprint density at radius 1 is 1.03 bits per heavy atom. The van der Waals surface area contributed by atoms with Crippen molar-refractivity contribution in [1.82, 2.24) is 9.80 Å². The van der Waals surface area contributed by atoms with Crippen molar-refractivity contribution < 1.29 is 32.2 Å². The molecule has 1 amide bonds. The maximum Gasteiger partial charge on any atom is 0.395 e. The van der Waals surface area contributed by atoms with Crippen molar-refractivity contribution in [2.45, 2.75) is 50.8 Å². The zero-order valence-electron chi connectivity index (χ0n) is 21.4. The summed E-state index contributed by atoms with van der Waals surface area (Å²) in [4.78, 5) is 16.1. The number of benzene rings is 2. The van der Waals surface area contributed by atoms with Gasteiger partial charge in [0.25, 0.3) is 5.91 Å². The van der Waals surface area contributed by atoms with Crippen LogP contribution in [0.1, 0.15) is 48.9 Å². The molecule has 2 aromatic carbocycles. The Labute approximate surface area is 220 Å². The average Bonchev–Trinajstić information content (AvgIpc) is 3.31. The molecule has 1 N–H and O–H groups in total. The van der Waals surface area contributed by atoms with Crippen LogP contribution in [0.2, 0.25) is 0 Å². The van der Waals surface area contributed by atoms with Gasteiger partial charge in [-0.3, -0.25) is 4.79 Å². The normalized spacial score (nSPS) is 22.3. The van der Waals surface area contributed by atoms with Gasteiger partial charge in [0.15, 0.2) is 0 Å². The summed E-state index contributed by atoms with van der Waals surface area (Å²) in [5, 5.41) is 9.65. The molecule has 0 unspecified atom stereocenters. The molecule has 1 saturated carbocycles. The largest absolute Gasteiger partial charge is 0.493 e. The van der Waals surface area contributed by atoms with Gasteiger partial charge in [0.05, 0.1) is 18.1 Å². The predicted octanol–water partition coefficient (Wildman–Crippen LogP) is 5.52. The second-order valence-electron chi connectivity index (χ2n) is 11.1. The van der Waals surface area contributed by atoms with E-state index >= 15 is 0 Å². The van der Waals surface area contributed by atoms with Crippen LogP contribution in [0, 0.1) is 17.2 Å². The fraction of sp³-hybridized carbons (Fsp3) is 0.552. The number of β-amino-alcohol motifs (C(OH)–C–C–N with tert-alkyl or cyclic N) is 1. The average molecular weight is 535 g/mol. The molecular formula is C29H34F4N2O3. The lowest BCUT2D eigenvalue weighted by atomic mass is 9.67. The molecule has 2 saturated heterocycles. The van der Waals surface area contributed by atoms with E-state index in [4.69, 9.17) is 4.74 Å². The van der Waals surface area contributed by atoms with Crippen LogP contribution >= 0.6 is 0 Å². The number of likely N-dealkylation sites (tertiary alicyclic amines) is 2. The highest BCUT2D eigenvalue weighted by atomic mass is 19.4. The van der Waals surface area contributed by atoms with Crippen LogP contribution in [0.5, 0.6) is 5.75 Å².